The molecule has 2 rings (SSSR count). The van der Waals surface area contributed by atoms with Crippen LogP contribution >= 0.6 is 0 Å². The third-order valence-corrected chi connectivity index (χ3v) is 2.13. The van der Waals surface area contributed by atoms with E-state index in [9.17, 15) is 10.1 Å². The molecule has 6 heteroatoms. The van der Waals surface area contributed by atoms with Crippen molar-refractivity contribution >= 4 is 5.82 Å². The molecule has 0 fully saturated rings. The van der Waals surface area contributed by atoms with Gasteiger partial charge in [-0.1, -0.05) is 0 Å². The van der Waals surface area contributed by atoms with Gasteiger partial charge in [-0.2, -0.15) is 5.26 Å². The van der Waals surface area contributed by atoms with Crippen molar-refractivity contribution in [3.05, 3.63) is 58.3 Å². The van der Waals surface area contributed by atoms with Crippen LogP contribution in [0.1, 0.15) is 5.56 Å². The highest BCUT2D eigenvalue weighted by atomic mass is 16.6. The molecule has 0 saturated heterocycles. The molecular formula is C12H7N3O3. The van der Waals surface area contributed by atoms with Crippen LogP contribution in [-0.2, 0) is 0 Å². The first-order valence-electron chi connectivity index (χ1n) is 4.97. The number of hydrogen-bond donors (Lipinski definition) is 0. The molecule has 0 spiro atoms. The van der Waals surface area contributed by atoms with Crippen molar-refractivity contribution in [3.63, 3.8) is 0 Å². The van der Waals surface area contributed by atoms with E-state index in [0.29, 0.717) is 17.1 Å². The summed E-state index contributed by atoms with van der Waals surface area (Å²) in [6.07, 6.45) is 1.27. The van der Waals surface area contributed by atoms with E-state index in [4.69, 9.17) is 10.00 Å². The summed E-state index contributed by atoms with van der Waals surface area (Å²) in [5, 5.41) is 19.0. The van der Waals surface area contributed by atoms with Crippen LogP contribution in [0.2, 0.25) is 0 Å². The molecule has 88 valence electrons. The van der Waals surface area contributed by atoms with Crippen molar-refractivity contribution in [2.24, 2.45) is 0 Å². The zero-order valence-corrected chi connectivity index (χ0v) is 9.11. The Kier molecular flexibility index (Phi) is 3.16. The van der Waals surface area contributed by atoms with Gasteiger partial charge in [-0.15, -0.1) is 0 Å². The topological polar surface area (TPSA) is 89.0 Å². The molecule has 0 amide bonds. The van der Waals surface area contributed by atoms with Crippen LogP contribution in [0.15, 0.2) is 42.6 Å². The summed E-state index contributed by atoms with van der Waals surface area (Å²) in [6.45, 7) is 0. The molecule has 0 unspecified atom stereocenters. The average Bonchev–Trinajstić information content (AvgIpc) is 2.40. The van der Waals surface area contributed by atoms with Crippen LogP contribution in [0.25, 0.3) is 0 Å². The summed E-state index contributed by atoms with van der Waals surface area (Å²) in [5.74, 6) is 0.692. The van der Waals surface area contributed by atoms with E-state index in [1.165, 1.54) is 18.3 Å². The van der Waals surface area contributed by atoms with Gasteiger partial charge in [0, 0.05) is 6.07 Å². The zero-order chi connectivity index (χ0) is 13.0. The summed E-state index contributed by atoms with van der Waals surface area (Å²) >= 11 is 0. The number of aromatic nitrogens is 1. The van der Waals surface area contributed by atoms with Gasteiger partial charge in [0.1, 0.15) is 5.75 Å². The van der Waals surface area contributed by atoms with Gasteiger partial charge < -0.3 is 14.9 Å². The Morgan fingerprint density at radius 3 is 2.33 bits per heavy atom. The summed E-state index contributed by atoms with van der Waals surface area (Å²) in [7, 11) is 0. The van der Waals surface area contributed by atoms with E-state index < -0.39 is 4.92 Å². The molecule has 0 saturated carbocycles. The van der Waals surface area contributed by atoms with Gasteiger partial charge in [-0.05, 0) is 40.2 Å². The highest BCUT2D eigenvalue weighted by Gasteiger charge is 2.07. The number of benzene rings is 1. The normalized spacial score (nSPS) is 9.50. The molecule has 0 aliphatic rings. The molecule has 0 aliphatic carbocycles. The molecule has 0 N–H and O–H groups in total. The zero-order valence-electron chi connectivity index (χ0n) is 9.11. The maximum absolute atomic E-state index is 10.4. The van der Waals surface area contributed by atoms with E-state index in [1.807, 2.05) is 6.07 Å². The smallest absolute Gasteiger partial charge is 0.363 e. The van der Waals surface area contributed by atoms with Crippen molar-refractivity contribution in [3.8, 4) is 17.6 Å². The maximum atomic E-state index is 10.4. The minimum Gasteiger partial charge on any atom is -0.453 e. The van der Waals surface area contributed by atoms with Crippen LogP contribution in [0, 0.1) is 21.4 Å². The van der Waals surface area contributed by atoms with E-state index >= 15 is 0 Å². The average molecular weight is 241 g/mol. The number of pyridine rings is 1. The molecule has 18 heavy (non-hydrogen) atoms. The summed E-state index contributed by atoms with van der Waals surface area (Å²) in [6, 6.07) is 11.2. The van der Waals surface area contributed by atoms with Crippen LogP contribution in [0.4, 0.5) is 5.82 Å². The van der Waals surface area contributed by atoms with Gasteiger partial charge in [0.2, 0.25) is 0 Å². The van der Waals surface area contributed by atoms with Crippen LogP contribution in [-0.4, -0.2) is 9.91 Å². The Labute approximate surface area is 102 Å². The Bertz CT molecular complexity index is 600. The van der Waals surface area contributed by atoms with E-state index in [-0.39, 0.29) is 5.82 Å². The molecule has 0 radical (unpaired) electrons. The van der Waals surface area contributed by atoms with Crippen LogP contribution in [0.3, 0.4) is 0 Å². The van der Waals surface area contributed by atoms with E-state index in [2.05, 4.69) is 4.98 Å². The SMILES string of the molecule is N#Cc1ccc(Oc2ccc([N+](=O)[O-])nc2)cc1. The monoisotopic (exact) mass is 241 g/mol. The summed E-state index contributed by atoms with van der Waals surface area (Å²) < 4.78 is 5.42. The lowest BCUT2D eigenvalue weighted by Crippen LogP contribution is -1.92. The molecule has 0 aliphatic heterocycles. The van der Waals surface area contributed by atoms with Gasteiger partial charge in [0.25, 0.3) is 0 Å². The molecule has 0 bridgehead atoms. The fourth-order valence-corrected chi connectivity index (χ4v) is 1.27. The molecule has 6 nitrogen and oxygen atoms in total. The Balaban J connectivity index is 2.13. The Morgan fingerprint density at radius 1 is 1.17 bits per heavy atom. The lowest BCUT2D eigenvalue weighted by atomic mass is 10.2. The molecule has 0 atom stereocenters. The summed E-state index contributed by atoms with van der Waals surface area (Å²) in [5.41, 5.74) is 0.532. The summed E-state index contributed by atoms with van der Waals surface area (Å²) in [4.78, 5) is 13.5. The van der Waals surface area contributed by atoms with Crippen molar-refractivity contribution in [2.75, 3.05) is 0 Å². The van der Waals surface area contributed by atoms with Gasteiger partial charge in [0.05, 0.1) is 11.6 Å². The first kappa shape index (κ1) is 11.5. The number of nitro groups is 1. The largest absolute Gasteiger partial charge is 0.453 e. The Morgan fingerprint density at radius 2 is 1.83 bits per heavy atom. The highest BCUT2D eigenvalue weighted by molar-refractivity contribution is 5.37. The lowest BCUT2D eigenvalue weighted by Gasteiger charge is -2.03. The number of rotatable bonds is 3. The fourth-order valence-electron chi connectivity index (χ4n) is 1.27. The molecule has 1 aromatic heterocycles. The fraction of sp³-hybridized carbons (Fsp3) is 0. The molecule has 2 aromatic rings. The lowest BCUT2D eigenvalue weighted by molar-refractivity contribution is -0.389. The second-order valence-corrected chi connectivity index (χ2v) is 3.35. The predicted molar refractivity (Wildman–Crippen MR) is 62.1 cm³/mol. The standard InChI is InChI=1S/C12H7N3O3/c13-7-9-1-3-10(4-2-9)18-11-5-6-12(14-8-11)15(16)17/h1-6,8H. The van der Waals surface area contributed by atoms with Gasteiger partial charge in [0.15, 0.2) is 11.9 Å². The van der Waals surface area contributed by atoms with Crippen molar-refractivity contribution in [1.29, 1.82) is 5.26 Å². The molecule has 1 aromatic carbocycles. The molecular weight excluding hydrogens is 234 g/mol. The third kappa shape index (κ3) is 2.59. The first-order valence-corrected chi connectivity index (χ1v) is 4.97. The number of hydrogen-bond acceptors (Lipinski definition) is 5. The second kappa shape index (κ2) is 4.93. The van der Waals surface area contributed by atoms with Gasteiger partial charge in [-0.25, -0.2) is 0 Å². The van der Waals surface area contributed by atoms with E-state index in [0.717, 1.165) is 0 Å². The number of ether oxygens (including phenoxy) is 1. The number of nitrogens with zero attached hydrogens (tertiary/aromatic N) is 3. The van der Waals surface area contributed by atoms with Crippen molar-refractivity contribution in [1.82, 2.24) is 4.98 Å². The highest BCUT2D eigenvalue weighted by Crippen LogP contribution is 2.22. The van der Waals surface area contributed by atoms with E-state index in [1.54, 1.807) is 24.3 Å². The minimum absolute atomic E-state index is 0.234. The second-order valence-electron chi connectivity index (χ2n) is 3.35. The molecule has 1 heterocycles. The maximum Gasteiger partial charge on any atom is 0.363 e. The van der Waals surface area contributed by atoms with Crippen LogP contribution < -0.4 is 4.74 Å². The Hall–Kier alpha value is -2.94. The first-order chi connectivity index (χ1) is 8.69. The van der Waals surface area contributed by atoms with Gasteiger partial charge in [-0.3, -0.25) is 0 Å². The van der Waals surface area contributed by atoms with Gasteiger partial charge >= 0.3 is 5.82 Å². The third-order valence-electron chi connectivity index (χ3n) is 2.13. The van der Waals surface area contributed by atoms with Crippen molar-refractivity contribution < 1.29 is 9.66 Å². The van der Waals surface area contributed by atoms with Crippen LogP contribution in [0.5, 0.6) is 11.5 Å². The number of nitriles is 1. The van der Waals surface area contributed by atoms with Crippen molar-refractivity contribution in [2.45, 2.75) is 0 Å². The predicted octanol–water partition coefficient (Wildman–Crippen LogP) is 2.65. The quantitative estimate of drug-likeness (QED) is 0.608. The minimum atomic E-state index is -0.578.